The van der Waals surface area contributed by atoms with E-state index in [9.17, 15) is 4.79 Å². The Balaban J connectivity index is 2.19. The quantitative estimate of drug-likeness (QED) is 0.784. The first-order chi connectivity index (χ1) is 6.81. The van der Waals surface area contributed by atoms with E-state index in [0.29, 0.717) is 23.2 Å². The molecule has 1 amide bonds. The van der Waals surface area contributed by atoms with Gasteiger partial charge in [0.05, 0.1) is 0 Å². The van der Waals surface area contributed by atoms with Crippen LogP contribution in [0.5, 0.6) is 0 Å². The van der Waals surface area contributed by atoms with E-state index in [0.717, 1.165) is 25.9 Å². The zero-order valence-corrected chi connectivity index (χ0v) is 8.38. The summed E-state index contributed by atoms with van der Waals surface area (Å²) in [6.45, 7) is 1.93. The van der Waals surface area contributed by atoms with Gasteiger partial charge < -0.3 is 9.32 Å². The predicted molar refractivity (Wildman–Crippen MR) is 54.9 cm³/mol. The predicted octanol–water partition coefficient (Wildman–Crippen LogP) is 2.10. The smallest absolute Gasteiger partial charge is 0.217 e. The van der Waals surface area contributed by atoms with E-state index in [1.807, 2.05) is 0 Å². The van der Waals surface area contributed by atoms with Gasteiger partial charge in [-0.3, -0.25) is 10.1 Å². The summed E-state index contributed by atoms with van der Waals surface area (Å²) in [5.41, 5.74) is 0. The van der Waals surface area contributed by atoms with Crippen LogP contribution in [0.15, 0.2) is 10.5 Å². The molecule has 0 aliphatic carbocycles. The molecule has 1 saturated heterocycles. The fraction of sp³-hybridized carbons (Fsp3) is 0.444. The summed E-state index contributed by atoms with van der Waals surface area (Å²) in [7, 11) is 0. The highest BCUT2D eigenvalue weighted by Gasteiger charge is 2.19. The molecule has 0 bridgehead atoms. The van der Waals surface area contributed by atoms with Crippen LogP contribution in [0.4, 0.5) is 11.8 Å². The Kier molecular flexibility index (Phi) is 2.63. The van der Waals surface area contributed by atoms with Gasteiger partial charge in [0.25, 0.3) is 0 Å². The van der Waals surface area contributed by atoms with Crippen LogP contribution >= 0.6 is 11.6 Å². The van der Waals surface area contributed by atoms with Crippen LogP contribution in [0, 0.1) is 0 Å². The topological polar surface area (TPSA) is 45.5 Å². The summed E-state index contributed by atoms with van der Waals surface area (Å²) in [4.78, 5) is 12.3. The molecule has 14 heavy (non-hydrogen) atoms. The lowest BCUT2D eigenvalue weighted by atomic mass is 10.4. The van der Waals surface area contributed by atoms with Gasteiger partial charge in [0.15, 0.2) is 0 Å². The van der Waals surface area contributed by atoms with Gasteiger partial charge >= 0.3 is 0 Å². The Hall–Kier alpha value is -1.16. The number of furan rings is 1. The van der Waals surface area contributed by atoms with Gasteiger partial charge in [-0.05, 0) is 12.8 Å². The van der Waals surface area contributed by atoms with Crippen molar-refractivity contribution in [3.63, 3.8) is 0 Å². The van der Waals surface area contributed by atoms with Crippen molar-refractivity contribution in [1.82, 2.24) is 0 Å². The lowest BCUT2D eigenvalue weighted by Crippen LogP contribution is -2.16. The van der Waals surface area contributed by atoms with Crippen LogP contribution in [-0.4, -0.2) is 19.5 Å². The molecule has 1 aromatic rings. The molecule has 1 N–H and O–H groups in total. The summed E-state index contributed by atoms with van der Waals surface area (Å²) in [5, 5.41) is 2.99. The van der Waals surface area contributed by atoms with Gasteiger partial charge in [-0.15, -0.1) is 0 Å². The number of amides is 1. The maximum absolute atomic E-state index is 10.2. The van der Waals surface area contributed by atoms with E-state index in [-0.39, 0.29) is 0 Å². The SMILES string of the molecule is O=CNc1cc(Cl)c(N2CCCC2)o1. The third-order valence-corrected chi connectivity index (χ3v) is 2.53. The van der Waals surface area contributed by atoms with E-state index >= 15 is 0 Å². The van der Waals surface area contributed by atoms with Crippen molar-refractivity contribution in [1.29, 1.82) is 0 Å². The van der Waals surface area contributed by atoms with Crippen molar-refractivity contribution in [2.75, 3.05) is 23.3 Å². The molecule has 2 rings (SSSR count). The van der Waals surface area contributed by atoms with Gasteiger partial charge in [0.2, 0.25) is 18.2 Å². The number of nitrogens with zero attached hydrogens (tertiary/aromatic N) is 1. The molecule has 0 spiro atoms. The molecule has 0 saturated carbocycles. The van der Waals surface area contributed by atoms with Crippen molar-refractivity contribution in [3.05, 3.63) is 11.1 Å². The van der Waals surface area contributed by atoms with Crippen molar-refractivity contribution in [2.24, 2.45) is 0 Å². The normalized spacial score (nSPS) is 15.9. The van der Waals surface area contributed by atoms with Crippen molar-refractivity contribution in [3.8, 4) is 0 Å². The molecular formula is C9H11ClN2O2. The summed E-state index contributed by atoms with van der Waals surface area (Å²) < 4.78 is 5.39. The van der Waals surface area contributed by atoms with Crippen LogP contribution in [0.2, 0.25) is 5.02 Å². The highest BCUT2D eigenvalue weighted by molar-refractivity contribution is 6.33. The van der Waals surface area contributed by atoms with Gasteiger partial charge in [-0.2, -0.15) is 0 Å². The fourth-order valence-corrected chi connectivity index (χ4v) is 1.88. The van der Waals surface area contributed by atoms with Crippen LogP contribution < -0.4 is 10.2 Å². The van der Waals surface area contributed by atoms with E-state index in [2.05, 4.69) is 10.2 Å². The van der Waals surface area contributed by atoms with E-state index in [1.54, 1.807) is 6.07 Å². The Labute approximate surface area is 86.8 Å². The maximum Gasteiger partial charge on any atom is 0.217 e. The molecule has 4 nitrogen and oxygen atoms in total. The van der Waals surface area contributed by atoms with Gasteiger partial charge in [0.1, 0.15) is 5.02 Å². The minimum absolute atomic E-state index is 0.395. The molecule has 1 aliphatic heterocycles. The van der Waals surface area contributed by atoms with Gasteiger partial charge in [0, 0.05) is 19.2 Å². The fourth-order valence-electron chi connectivity index (χ4n) is 1.62. The summed E-state index contributed by atoms with van der Waals surface area (Å²) in [6, 6.07) is 1.61. The molecule has 0 atom stereocenters. The molecule has 5 heteroatoms. The number of carbonyl (C=O) groups excluding carboxylic acids is 1. The molecule has 1 aliphatic rings. The molecule has 0 radical (unpaired) electrons. The molecule has 0 aromatic carbocycles. The van der Waals surface area contributed by atoms with Gasteiger partial charge in [-0.25, -0.2) is 0 Å². The Bertz CT molecular complexity index is 332. The third kappa shape index (κ3) is 1.70. The number of rotatable bonds is 3. The molecule has 1 fully saturated rings. The number of nitrogens with one attached hydrogen (secondary N) is 1. The number of hydrogen-bond donors (Lipinski definition) is 1. The average molecular weight is 215 g/mol. The zero-order valence-electron chi connectivity index (χ0n) is 7.62. The second-order valence-electron chi connectivity index (χ2n) is 3.22. The standard InChI is InChI=1S/C9H11ClN2O2/c10-7-5-8(11-6-13)14-9(7)12-3-1-2-4-12/h5-6H,1-4H2,(H,11,13). The Morgan fingerprint density at radius 2 is 2.21 bits per heavy atom. The lowest BCUT2D eigenvalue weighted by Gasteiger charge is -2.13. The second-order valence-corrected chi connectivity index (χ2v) is 3.63. The summed E-state index contributed by atoms with van der Waals surface area (Å²) in [6.07, 6.45) is 2.89. The second kappa shape index (κ2) is 3.92. The average Bonchev–Trinajstić information content (AvgIpc) is 2.74. The maximum atomic E-state index is 10.2. The molecule has 1 aromatic heterocycles. The minimum atomic E-state index is 0.395. The number of hydrogen-bond acceptors (Lipinski definition) is 3. The Morgan fingerprint density at radius 3 is 2.86 bits per heavy atom. The Morgan fingerprint density at radius 1 is 1.50 bits per heavy atom. The van der Waals surface area contributed by atoms with E-state index < -0.39 is 0 Å². The zero-order chi connectivity index (χ0) is 9.97. The van der Waals surface area contributed by atoms with Gasteiger partial charge in [-0.1, -0.05) is 11.6 Å². The number of carbonyl (C=O) groups is 1. The molecule has 0 unspecified atom stereocenters. The van der Waals surface area contributed by atoms with Crippen molar-refractivity contribution in [2.45, 2.75) is 12.8 Å². The first-order valence-corrected chi connectivity index (χ1v) is 4.93. The van der Waals surface area contributed by atoms with Crippen LogP contribution in [0.1, 0.15) is 12.8 Å². The lowest BCUT2D eigenvalue weighted by molar-refractivity contribution is -0.105. The highest BCUT2D eigenvalue weighted by Crippen LogP contribution is 2.34. The summed E-state index contributed by atoms with van der Waals surface area (Å²) in [5.74, 6) is 1.06. The molecule has 76 valence electrons. The number of anilines is 2. The van der Waals surface area contributed by atoms with Crippen LogP contribution in [0.3, 0.4) is 0 Å². The third-order valence-electron chi connectivity index (χ3n) is 2.26. The molecular weight excluding hydrogens is 204 g/mol. The van der Waals surface area contributed by atoms with Crippen molar-refractivity contribution < 1.29 is 9.21 Å². The minimum Gasteiger partial charge on any atom is -0.423 e. The largest absolute Gasteiger partial charge is 0.423 e. The monoisotopic (exact) mass is 214 g/mol. The van der Waals surface area contributed by atoms with E-state index in [1.165, 1.54) is 0 Å². The first-order valence-electron chi connectivity index (χ1n) is 4.56. The first kappa shape index (κ1) is 9.40. The van der Waals surface area contributed by atoms with Crippen LogP contribution in [0.25, 0.3) is 0 Å². The van der Waals surface area contributed by atoms with E-state index in [4.69, 9.17) is 16.0 Å². The van der Waals surface area contributed by atoms with Crippen molar-refractivity contribution >= 4 is 29.8 Å². The number of halogens is 1. The summed E-state index contributed by atoms with van der Waals surface area (Å²) >= 11 is 5.97. The van der Waals surface area contributed by atoms with Crippen LogP contribution in [-0.2, 0) is 4.79 Å². The molecule has 2 heterocycles. The highest BCUT2D eigenvalue weighted by atomic mass is 35.5.